The van der Waals surface area contributed by atoms with Crippen LogP contribution < -0.4 is 5.32 Å². The second kappa shape index (κ2) is 11.8. The molecule has 2 fully saturated rings. The van der Waals surface area contributed by atoms with Crippen molar-refractivity contribution in [2.45, 2.75) is 65.2 Å². The van der Waals surface area contributed by atoms with E-state index in [1.54, 1.807) is 6.20 Å². The Hall–Kier alpha value is -2.97. The minimum atomic E-state index is 0.299. The molecule has 0 radical (unpaired) electrons. The Morgan fingerprint density at radius 2 is 1.82 bits per heavy atom. The van der Waals surface area contributed by atoms with Crippen molar-refractivity contribution in [3.63, 3.8) is 0 Å². The maximum absolute atomic E-state index is 12.9. The largest absolute Gasteiger partial charge is 0.342 e. The number of aromatic nitrogens is 4. The van der Waals surface area contributed by atoms with E-state index < -0.39 is 0 Å². The lowest BCUT2D eigenvalue weighted by atomic mass is 9.84. The number of rotatable bonds is 7. The van der Waals surface area contributed by atoms with Crippen molar-refractivity contribution < 1.29 is 4.79 Å². The number of carbonyl (C=O) groups is 1. The van der Waals surface area contributed by atoms with E-state index in [4.69, 9.17) is 11.6 Å². The average Bonchev–Trinajstić information content (AvgIpc) is 3.33. The summed E-state index contributed by atoms with van der Waals surface area (Å²) >= 11 is 6.35. The van der Waals surface area contributed by atoms with Crippen molar-refractivity contribution in [1.82, 2.24) is 30.0 Å². The van der Waals surface area contributed by atoms with Gasteiger partial charge < -0.3 is 10.2 Å². The number of aromatic amines is 1. The number of piperidine rings is 2. The lowest BCUT2D eigenvalue weighted by Gasteiger charge is -2.35. The smallest absolute Gasteiger partial charge is 0.236 e. The summed E-state index contributed by atoms with van der Waals surface area (Å²) in [4.78, 5) is 26.4. The fourth-order valence-electron chi connectivity index (χ4n) is 5.73. The standard InChI is InChI=1S/C29H38ClN7O/c1-19-14-24(22-7-11-37(12-8-22)28(38)18-36-9-5-4-6-10-36)20(2)13-23(19)16-26-31-17-25(30)29(32-26)33-27-15-21(3)34-35-27/h13-15,17,22H,4-12,16,18H2,1-3H3,(H2,31,32,33,34,35). The number of anilines is 2. The van der Waals surface area contributed by atoms with Crippen molar-refractivity contribution in [2.75, 3.05) is 38.0 Å². The zero-order valence-corrected chi connectivity index (χ0v) is 23.4. The Bertz CT molecular complexity index is 1280. The van der Waals surface area contributed by atoms with Crippen LogP contribution in [0, 0.1) is 20.8 Å². The van der Waals surface area contributed by atoms with Crippen molar-refractivity contribution in [2.24, 2.45) is 0 Å². The third-order valence-electron chi connectivity index (χ3n) is 7.91. The second-order valence-electron chi connectivity index (χ2n) is 10.8. The van der Waals surface area contributed by atoms with E-state index in [2.05, 4.69) is 61.3 Å². The van der Waals surface area contributed by atoms with Crippen molar-refractivity contribution in [1.29, 1.82) is 0 Å². The van der Waals surface area contributed by atoms with Gasteiger partial charge in [-0.3, -0.25) is 14.8 Å². The molecule has 1 aromatic carbocycles. The van der Waals surface area contributed by atoms with E-state index in [-0.39, 0.29) is 0 Å². The van der Waals surface area contributed by atoms with Gasteiger partial charge in [0, 0.05) is 31.3 Å². The first-order valence-corrected chi connectivity index (χ1v) is 14.1. The zero-order valence-electron chi connectivity index (χ0n) is 22.7. The van der Waals surface area contributed by atoms with E-state index >= 15 is 0 Å². The van der Waals surface area contributed by atoms with Gasteiger partial charge in [0.15, 0.2) is 11.6 Å². The number of likely N-dealkylation sites (tertiary alicyclic amines) is 2. The van der Waals surface area contributed by atoms with E-state index in [0.717, 1.165) is 44.7 Å². The molecule has 3 aromatic rings. The molecule has 0 saturated carbocycles. The first-order chi connectivity index (χ1) is 18.4. The van der Waals surface area contributed by atoms with Crippen LogP contribution in [0.2, 0.25) is 5.02 Å². The average molecular weight is 536 g/mol. The molecular formula is C29H38ClN7O. The van der Waals surface area contributed by atoms with Crippen LogP contribution in [0.5, 0.6) is 0 Å². The second-order valence-corrected chi connectivity index (χ2v) is 11.3. The molecule has 5 rings (SSSR count). The molecule has 2 aliphatic rings. The monoisotopic (exact) mass is 535 g/mol. The van der Waals surface area contributed by atoms with Gasteiger partial charge in [0.25, 0.3) is 0 Å². The maximum atomic E-state index is 12.9. The Morgan fingerprint density at radius 1 is 1.05 bits per heavy atom. The lowest BCUT2D eigenvalue weighted by Crippen LogP contribution is -2.45. The van der Waals surface area contributed by atoms with Gasteiger partial charge in [0.1, 0.15) is 10.8 Å². The van der Waals surface area contributed by atoms with Gasteiger partial charge in [0.05, 0.1) is 12.7 Å². The fraction of sp³-hybridized carbons (Fsp3) is 0.517. The first kappa shape index (κ1) is 26.6. The SMILES string of the molecule is Cc1cc(Nc2nc(Cc3cc(C)c(C4CCN(C(=O)CN5CCCCC5)CC4)cc3C)ncc2Cl)n[nH]1. The maximum Gasteiger partial charge on any atom is 0.236 e. The fourth-order valence-corrected chi connectivity index (χ4v) is 5.87. The number of halogens is 1. The van der Waals surface area contributed by atoms with Crippen LogP contribution in [0.15, 0.2) is 24.4 Å². The number of nitrogens with one attached hydrogen (secondary N) is 2. The van der Waals surface area contributed by atoms with Crippen LogP contribution in [-0.2, 0) is 11.2 Å². The Kier molecular flexibility index (Phi) is 8.29. The zero-order chi connectivity index (χ0) is 26.6. The van der Waals surface area contributed by atoms with E-state index in [1.807, 2.05) is 13.0 Å². The summed E-state index contributed by atoms with van der Waals surface area (Å²) < 4.78 is 0. The number of amides is 1. The summed E-state index contributed by atoms with van der Waals surface area (Å²) in [5.74, 6) is 2.72. The highest BCUT2D eigenvalue weighted by atomic mass is 35.5. The Balaban J connectivity index is 1.22. The minimum Gasteiger partial charge on any atom is -0.342 e. The molecule has 202 valence electrons. The molecule has 8 nitrogen and oxygen atoms in total. The quantitative estimate of drug-likeness (QED) is 0.426. The molecule has 38 heavy (non-hydrogen) atoms. The van der Waals surface area contributed by atoms with Crippen LogP contribution in [0.25, 0.3) is 0 Å². The van der Waals surface area contributed by atoms with Crippen molar-refractivity contribution in [3.8, 4) is 0 Å². The normalized spacial score (nSPS) is 17.1. The predicted molar refractivity (Wildman–Crippen MR) is 151 cm³/mol. The topological polar surface area (TPSA) is 90.0 Å². The van der Waals surface area contributed by atoms with Crippen molar-refractivity contribution in [3.05, 3.63) is 63.2 Å². The van der Waals surface area contributed by atoms with Crippen LogP contribution >= 0.6 is 11.6 Å². The Morgan fingerprint density at radius 3 is 2.53 bits per heavy atom. The Labute approximate surface area is 230 Å². The molecule has 0 aliphatic carbocycles. The molecule has 2 aliphatic heterocycles. The molecule has 1 amide bonds. The van der Waals surface area contributed by atoms with Gasteiger partial charge >= 0.3 is 0 Å². The molecule has 9 heteroatoms. The number of H-pyrrole nitrogens is 1. The lowest BCUT2D eigenvalue weighted by molar-refractivity contribution is -0.133. The summed E-state index contributed by atoms with van der Waals surface area (Å²) in [6.07, 6.45) is 8.04. The number of carbonyl (C=O) groups excluding carboxylic acids is 1. The number of hydrogen-bond donors (Lipinski definition) is 2. The highest BCUT2D eigenvalue weighted by Crippen LogP contribution is 2.33. The van der Waals surface area contributed by atoms with Crippen LogP contribution in [0.4, 0.5) is 11.6 Å². The summed E-state index contributed by atoms with van der Waals surface area (Å²) in [6, 6.07) is 6.52. The summed E-state index contributed by atoms with van der Waals surface area (Å²) in [5, 5.41) is 10.8. The highest BCUT2D eigenvalue weighted by molar-refractivity contribution is 6.32. The highest BCUT2D eigenvalue weighted by Gasteiger charge is 2.26. The third-order valence-corrected chi connectivity index (χ3v) is 8.19. The van der Waals surface area contributed by atoms with Gasteiger partial charge in [-0.25, -0.2) is 9.97 Å². The molecule has 2 saturated heterocycles. The summed E-state index contributed by atoms with van der Waals surface area (Å²) in [7, 11) is 0. The van der Waals surface area contributed by atoms with Gasteiger partial charge in [-0.05, 0) is 87.7 Å². The van der Waals surface area contributed by atoms with Gasteiger partial charge in [-0.15, -0.1) is 0 Å². The molecule has 2 aromatic heterocycles. The number of nitrogens with zero attached hydrogens (tertiary/aromatic N) is 5. The van der Waals surface area contributed by atoms with Crippen LogP contribution in [0.3, 0.4) is 0 Å². The summed E-state index contributed by atoms with van der Waals surface area (Å²) in [5.41, 5.74) is 6.11. The van der Waals surface area contributed by atoms with Gasteiger partial charge in [-0.2, -0.15) is 5.10 Å². The molecule has 0 unspecified atom stereocenters. The van der Waals surface area contributed by atoms with Crippen LogP contribution in [0.1, 0.15) is 71.8 Å². The van der Waals surface area contributed by atoms with Gasteiger partial charge in [-0.1, -0.05) is 30.2 Å². The summed E-state index contributed by atoms with van der Waals surface area (Å²) in [6.45, 7) is 10.7. The van der Waals surface area contributed by atoms with E-state index in [9.17, 15) is 4.79 Å². The molecule has 0 spiro atoms. The molecular weight excluding hydrogens is 498 g/mol. The molecule has 0 atom stereocenters. The van der Waals surface area contributed by atoms with E-state index in [1.165, 1.54) is 41.5 Å². The molecule has 0 bridgehead atoms. The predicted octanol–water partition coefficient (Wildman–Crippen LogP) is 5.30. The van der Waals surface area contributed by atoms with Crippen LogP contribution in [-0.4, -0.2) is 68.6 Å². The molecule has 2 N–H and O–H groups in total. The molecule has 4 heterocycles. The van der Waals surface area contributed by atoms with E-state index in [0.29, 0.717) is 47.3 Å². The number of benzene rings is 1. The number of hydrogen-bond acceptors (Lipinski definition) is 6. The minimum absolute atomic E-state index is 0.299. The third kappa shape index (κ3) is 6.35. The number of aryl methyl sites for hydroxylation is 3. The van der Waals surface area contributed by atoms with Gasteiger partial charge in [0.2, 0.25) is 5.91 Å². The van der Waals surface area contributed by atoms with Crippen molar-refractivity contribution >= 4 is 29.1 Å². The first-order valence-electron chi connectivity index (χ1n) is 13.8.